The summed E-state index contributed by atoms with van der Waals surface area (Å²) in [7, 11) is -3.51. The molecule has 1 aliphatic heterocycles. The number of hydrogen-bond acceptors (Lipinski definition) is 5. The Bertz CT molecular complexity index is 768. The minimum absolute atomic E-state index is 0.0668. The van der Waals surface area contributed by atoms with Crippen LogP contribution in [0.5, 0.6) is 0 Å². The molecule has 0 spiro atoms. The average Bonchev–Trinajstić information content (AvgIpc) is 2.92. The van der Waals surface area contributed by atoms with Crippen molar-refractivity contribution < 1.29 is 18.1 Å². The Balaban J connectivity index is 2.13. The molecule has 1 fully saturated rings. The van der Waals surface area contributed by atoms with Crippen molar-refractivity contribution in [2.24, 2.45) is 0 Å². The maximum absolute atomic E-state index is 12.7. The standard InChI is InChI=1S/C21H34N2O4SSi/c1-15-9-11-16(12-10-15)28(24)23-17(13-22)19-18(26-21(5,6)27-19)14-25-29(7,8)20(2,3)4/h9-12,17-19,23H,14H2,1-8H3/t17-,18+,19+,28+/m1/s1. The number of rotatable bonds is 7. The van der Waals surface area contributed by atoms with Crippen LogP contribution in [0.3, 0.4) is 0 Å². The lowest BCUT2D eigenvalue weighted by atomic mass is 10.1. The summed E-state index contributed by atoms with van der Waals surface area (Å²) in [5.41, 5.74) is 1.08. The summed E-state index contributed by atoms with van der Waals surface area (Å²) in [5.74, 6) is -0.839. The average molecular weight is 439 g/mol. The van der Waals surface area contributed by atoms with Gasteiger partial charge in [-0.1, -0.05) is 38.5 Å². The summed E-state index contributed by atoms with van der Waals surface area (Å²) in [4.78, 5) is 0.614. The van der Waals surface area contributed by atoms with Gasteiger partial charge in [-0.3, -0.25) is 0 Å². The Kier molecular flexibility index (Phi) is 7.47. The highest BCUT2D eigenvalue weighted by atomic mass is 32.2. The number of hydrogen-bond donors (Lipinski definition) is 1. The molecule has 0 bridgehead atoms. The Labute approximate surface area is 178 Å². The van der Waals surface area contributed by atoms with E-state index >= 15 is 0 Å². The van der Waals surface area contributed by atoms with Crippen LogP contribution in [0.4, 0.5) is 0 Å². The van der Waals surface area contributed by atoms with Crippen LogP contribution in [0.25, 0.3) is 0 Å². The number of ether oxygens (including phenoxy) is 2. The fourth-order valence-electron chi connectivity index (χ4n) is 2.79. The second-order valence-corrected chi connectivity index (χ2v) is 15.6. The second-order valence-electron chi connectivity index (χ2n) is 9.52. The van der Waals surface area contributed by atoms with Gasteiger partial charge in [0.2, 0.25) is 0 Å². The number of aryl methyl sites for hydroxylation is 1. The smallest absolute Gasteiger partial charge is 0.192 e. The van der Waals surface area contributed by atoms with E-state index < -0.39 is 43.3 Å². The van der Waals surface area contributed by atoms with Crippen molar-refractivity contribution in [1.82, 2.24) is 4.72 Å². The lowest BCUT2D eigenvalue weighted by molar-refractivity contribution is -0.149. The van der Waals surface area contributed by atoms with Crippen molar-refractivity contribution in [2.45, 2.75) is 88.6 Å². The van der Waals surface area contributed by atoms with E-state index in [1.807, 2.05) is 32.9 Å². The highest BCUT2D eigenvalue weighted by Crippen LogP contribution is 2.38. The molecule has 6 nitrogen and oxygen atoms in total. The van der Waals surface area contributed by atoms with Crippen molar-refractivity contribution in [3.05, 3.63) is 29.8 Å². The van der Waals surface area contributed by atoms with Crippen LogP contribution in [0.1, 0.15) is 40.2 Å². The van der Waals surface area contributed by atoms with E-state index in [0.717, 1.165) is 5.56 Å². The van der Waals surface area contributed by atoms with Crippen LogP contribution in [-0.2, 0) is 24.9 Å². The molecule has 1 aromatic rings. The van der Waals surface area contributed by atoms with E-state index in [-0.39, 0.29) is 5.04 Å². The molecule has 1 aromatic carbocycles. The monoisotopic (exact) mass is 438 g/mol. The largest absolute Gasteiger partial charge is 0.414 e. The summed E-state index contributed by atoms with van der Waals surface area (Å²) >= 11 is 0. The third-order valence-electron chi connectivity index (χ3n) is 5.57. The van der Waals surface area contributed by atoms with Gasteiger partial charge in [0.15, 0.2) is 14.1 Å². The lowest BCUT2D eigenvalue weighted by Crippen LogP contribution is -2.49. The summed E-state index contributed by atoms with van der Waals surface area (Å²) < 4.78 is 34.0. The zero-order chi connectivity index (χ0) is 22.0. The molecule has 4 atom stereocenters. The molecule has 2 rings (SSSR count). The molecule has 1 saturated heterocycles. The molecule has 29 heavy (non-hydrogen) atoms. The third kappa shape index (κ3) is 6.20. The Hall–Kier alpha value is -1.08. The fourth-order valence-corrected chi connectivity index (χ4v) is 4.74. The Morgan fingerprint density at radius 2 is 1.86 bits per heavy atom. The normalized spacial score (nSPS) is 24.1. The molecule has 8 heteroatoms. The van der Waals surface area contributed by atoms with Crippen LogP contribution in [0.15, 0.2) is 29.2 Å². The zero-order valence-electron chi connectivity index (χ0n) is 18.7. The summed E-state index contributed by atoms with van der Waals surface area (Å²) in [5, 5.41) is 9.82. The van der Waals surface area contributed by atoms with Gasteiger partial charge >= 0.3 is 0 Å². The summed E-state index contributed by atoms with van der Waals surface area (Å²) in [6.45, 7) is 16.8. The maximum Gasteiger partial charge on any atom is 0.192 e. The second kappa shape index (κ2) is 8.96. The molecule has 162 valence electrons. The predicted molar refractivity (Wildman–Crippen MR) is 117 cm³/mol. The lowest BCUT2D eigenvalue weighted by Gasteiger charge is -2.37. The first-order valence-corrected chi connectivity index (χ1v) is 14.0. The fraction of sp³-hybridized carbons (Fsp3) is 0.667. The molecule has 0 radical (unpaired) electrons. The molecule has 1 N–H and O–H groups in total. The highest BCUT2D eigenvalue weighted by Gasteiger charge is 2.47. The summed E-state index contributed by atoms with van der Waals surface area (Å²) in [6.07, 6.45) is -1.01. The van der Waals surface area contributed by atoms with Crippen molar-refractivity contribution in [3.63, 3.8) is 0 Å². The van der Waals surface area contributed by atoms with Crippen LogP contribution >= 0.6 is 0 Å². The SMILES string of the molecule is Cc1ccc([S@](=O)N[C@H](C#N)[C@@H]2OC(C)(C)O[C@H]2CO[Si](C)(C)C(C)(C)C)cc1. The number of benzene rings is 1. The van der Waals surface area contributed by atoms with Gasteiger partial charge in [-0.15, -0.1) is 0 Å². The van der Waals surface area contributed by atoms with Crippen LogP contribution < -0.4 is 4.72 Å². The molecule has 0 amide bonds. The summed E-state index contributed by atoms with van der Waals surface area (Å²) in [6, 6.07) is 8.77. The number of nitrogens with one attached hydrogen (secondary N) is 1. The zero-order valence-corrected chi connectivity index (χ0v) is 20.6. The van der Waals surface area contributed by atoms with Gasteiger partial charge < -0.3 is 13.9 Å². The third-order valence-corrected chi connectivity index (χ3v) is 11.2. The van der Waals surface area contributed by atoms with E-state index in [2.05, 4.69) is 44.7 Å². The van der Waals surface area contributed by atoms with Gasteiger partial charge in [0, 0.05) is 0 Å². The Morgan fingerprint density at radius 3 is 2.38 bits per heavy atom. The molecule has 0 aromatic heterocycles. The van der Waals surface area contributed by atoms with Crippen LogP contribution in [0, 0.1) is 18.3 Å². The van der Waals surface area contributed by atoms with Crippen molar-refractivity contribution in [2.75, 3.05) is 6.61 Å². The van der Waals surface area contributed by atoms with Gasteiger partial charge in [0.05, 0.1) is 17.6 Å². The van der Waals surface area contributed by atoms with E-state index in [4.69, 9.17) is 13.9 Å². The van der Waals surface area contributed by atoms with Crippen molar-refractivity contribution >= 4 is 19.3 Å². The van der Waals surface area contributed by atoms with Gasteiger partial charge in [-0.2, -0.15) is 5.26 Å². The first-order chi connectivity index (χ1) is 13.3. The molecular formula is C21H34N2O4SSi. The van der Waals surface area contributed by atoms with Crippen molar-refractivity contribution in [3.8, 4) is 6.07 Å². The quantitative estimate of drug-likeness (QED) is 0.650. The Morgan fingerprint density at radius 1 is 1.28 bits per heavy atom. The molecule has 0 saturated carbocycles. The van der Waals surface area contributed by atoms with Gasteiger partial charge in [-0.05, 0) is 51.0 Å². The predicted octanol–water partition coefficient (Wildman–Crippen LogP) is 4.04. The van der Waals surface area contributed by atoms with Gasteiger partial charge in [0.1, 0.15) is 29.2 Å². The maximum atomic E-state index is 12.7. The molecule has 1 aliphatic rings. The number of nitrogens with zero attached hydrogens (tertiary/aromatic N) is 1. The first-order valence-electron chi connectivity index (χ1n) is 9.89. The minimum Gasteiger partial charge on any atom is -0.414 e. The van der Waals surface area contributed by atoms with Gasteiger partial charge in [-0.25, -0.2) is 8.93 Å². The van der Waals surface area contributed by atoms with Crippen LogP contribution in [0.2, 0.25) is 18.1 Å². The number of nitriles is 1. The minimum atomic E-state index is -1.98. The first kappa shape index (κ1) is 24.2. The molecular weight excluding hydrogens is 404 g/mol. The van der Waals surface area contributed by atoms with Crippen molar-refractivity contribution in [1.29, 1.82) is 5.26 Å². The van der Waals surface area contributed by atoms with Crippen LogP contribution in [-0.4, -0.2) is 43.2 Å². The molecule has 1 heterocycles. The van der Waals surface area contributed by atoms with E-state index in [0.29, 0.717) is 11.5 Å². The van der Waals surface area contributed by atoms with E-state index in [9.17, 15) is 9.47 Å². The highest BCUT2D eigenvalue weighted by molar-refractivity contribution is 7.83. The topological polar surface area (TPSA) is 80.6 Å². The molecule has 0 unspecified atom stereocenters. The van der Waals surface area contributed by atoms with E-state index in [1.54, 1.807) is 12.1 Å². The molecule has 0 aliphatic carbocycles. The van der Waals surface area contributed by atoms with E-state index in [1.165, 1.54) is 0 Å². The van der Waals surface area contributed by atoms with Gasteiger partial charge in [0.25, 0.3) is 0 Å².